The molecule has 0 amide bonds. The van der Waals surface area contributed by atoms with Gasteiger partial charge in [0, 0.05) is 18.4 Å². The van der Waals surface area contributed by atoms with E-state index in [-0.39, 0.29) is 0 Å². The van der Waals surface area contributed by atoms with Gasteiger partial charge in [-0.15, -0.1) is 0 Å². The van der Waals surface area contributed by atoms with Crippen LogP contribution >= 0.6 is 0 Å². The maximum atomic E-state index is 4.58. The fourth-order valence-corrected chi connectivity index (χ4v) is 2.26. The summed E-state index contributed by atoms with van der Waals surface area (Å²) >= 11 is 0. The molecule has 96 valence electrons. The highest BCUT2D eigenvalue weighted by molar-refractivity contribution is 5.68. The van der Waals surface area contributed by atoms with Crippen molar-refractivity contribution in [2.24, 2.45) is 5.92 Å². The molecular formula is C14H20N4. The van der Waals surface area contributed by atoms with E-state index < -0.39 is 0 Å². The Kier molecular flexibility index (Phi) is 2.73. The second kappa shape index (κ2) is 4.26. The summed E-state index contributed by atoms with van der Waals surface area (Å²) in [5.41, 5.74) is 2.19. The van der Waals surface area contributed by atoms with Crippen LogP contribution in [0.3, 0.4) is 0 Å². The third kappa shape index (κ3) is 2.07. The van der Waals surface area contributed by atoms with Crippen LogP contribution in [0.2, 0.25) is 0 Å². The zero-order valence-electron chi connectivity index (χ0n) is 11.2. The molecule has 0 aromatic carbocycles. The second-order valence-corrected chi connectivity index (χ2v) is 5.60. The number of fused-ring (bicyclic) bond motifs is 1. The topological polar surface area (TPSA) is 42.2 Å². The van der Waals surface area contributed by atoms with Crippen LogP contribution in [0.25, 0.3) is 5.52 Å². The molecule has 4 heteroatoms. The van der Waals surface area contributed by atoms with Gasteiger partial charge in [0.15, 0.2) is 5.82 Å². The van der Waals surface area contributed by atoms with E-state index in [0.29, 0.717) is 12.0 Å². The molecule has 1 saturated carbocycles. The summed E-state index contributed by atoms with van der Waals surface area (Å²) in [5, 5.41) is 8.10. The molecule has 0 spiro atoms. The molecule has 1 N–H and O–H groups in total. The Bertz CT molecular complexity index is 554. The van der Waals surface area contributed by atoms with Crippen LogP contribution < -0.4 is 5.32 Å². The van der Waals surface area contributed by atoms with Gasteiger partial charge in [0.1, 0.15) is 5.52 Å². The fraction of sp³-hybridized carbons (Fsp3) is 0.571. The van der Waals surface area contributed by atoms with Gasteiger partial charge in [-0.2, -0.15) is 5.10 Å². The minimum absolute atomic E-state index is 0.443. The highest BCUT2D eigenvalue weighted by Crippen LogP contribution is 2.34. The van der Waals surface area contributed by atoms with Crippen molar-refractivity contribution in [3.05, 3.63) is 24.2 Å². The fourth-order valence-electron chi connectivity index (χ4n) is 2.26. The second-order valence-electron chi connectivity index (χ2n) is 5.60. The summed E-state index contributed by atoms with van der Waals surface area (Å²) in [6.07, 6.45) is 6.40. The monoisotopic (exact) mass is 244 g/mol. The highest BCUT2D eigenvalue weighted by atomic mass is 15.2. The number of hydrogen-bond donors (Lipinski definition) is 1. The first-order chi connectivity index (χ1) is 8.65. The van der Waals surface area contributed by atoms with E-state index in [1.54, 1.807) is 0 Å². The number of hydrogen-bond acceptors (Lipinski definition) is 3. The molecule has 0 bridgehead atoms. The van der Waals surface area contributed by atoms with Gasteiger partial charge >= 0.3 is 0 Å². The molecule has 0 radical (unpaired) electrons. The molecule has 2 heterocycles. The lowest BCUT2D eigenvalue weighted by molar-refractivity contribution is 0.690. The SMILES string of the molecule is CC(C)c1cc2c(NC(C)C3CC3)nccn2n1. The third-order valence-electron chi connectivity index (χ3n) is 3.69. The predicted octanol–water partition coefficient (Wildman–Crippen LogP) is 3.06. The van der Waals surface area contributed by atoms with E-state index in [0.717, 1.165) is 22.9 Å². The number of rotatable bonds is 4. The number of nitrogens with zero attached hydrogens (tertiary/aromatic N) is 3. The number of aromatic nitrogens is 3. The summed E-state index contributed by atoms with van der Waals surface area (Å²) in [6.45, 7) is 6.56. The van der Waals surface area contributed by atoms with Crippen molar-refractivity contribution in [3.8, 4) is 0 Å². The maximum absolute atomic E-state index is 4.58. The van der Waals surface area contributed by atoms with Gasteiger partial charge in [-0.1, -0.05) is 13.8 Å². The van der Waals surface area contributed by atoms with Gasteiger partial charge in [0.05, 0.1) is 5.69 Å². The first-order valence-corrected chi connectivity index (χ1v) is 6.76. The van der Waals surface area contributed by atoms with Crippen LogP contribution in [-0.2, 0) is 0 Å². The maximum Gasteiger partial charge on any atom is 0.152 e. The van der Waals surface area contributed by atoms with Crippen LogP contribution in [0.15, 0.2) is 18.5 Å². The van der Waals surface area contributed by atoms with E-state index in [9.17, 15) is 0 Å². The van der Waals surface area contributed by atoms with Crippen molar-refractivity contribution in [2.45, 2.75) is 45.6 Å². The Hall–Kier alpha value is -1.58. The molecule has 0 aliphatic heterocycles. The number of nitrogens with one attached hydrogen (secondary N) is 1. The third-order valence-corrected chi connectivity index (χ3v) is 3.69. The van der Waals surface area contributed by atoms with Crippen molar-refractivity contribution in [1.82, 2.24) is 14.6 Å². The normalized spacial score (nSPS) is 17.3. The molecule has 1 aliphatic carbocycles. The lowest BCUT2D eigenvalue weighted by atomic mass is 10.1. The molecule has 3 rings (SSSR count). The molecule has 4 nitrogen and oxygen atoms in total. The van der Waals surface area contributed by atoms with Gasteiger partial charge in [-0.3, -0.25) is 0 Å². The Morgan fingerprint density at radius 2 is 2.11 bits per heavy atom. The summed E-state index contributed by atoms with van der Waals surface area (Å²) in [4.78, 5) is 4.46. The zero-order chi connectivity index (χ0) is 12.7. The Morgan fingerprint density at radius 1 is 1.33 bits per heavy atom. The average Bonchev–Trinajstić information content (AvgIpc) is 3.08. The smallest absolute Gasteiger partial charge is 0.152 e. The zero-order valence-corrected chi connectivity index (χ0v) is 11.2. The lowest BCUT2D eigenvalue weighted by Gasteiger charge is -2.13. The van der Waals surface area contributed by atoms with Gasteiger partial charge in [0.25, 0.3) is 0 Å². The van der Waals surface area contributed by atoms with Gasteiger partial charge in [-0.25, -0.2) is 9.50 Å². The van der Waals surface area contributed by atoms with Crippen molar-refractivity contribution >= 4 is 11.3 Å². The van der Waals surface area contributed by atoms with Crippen LogP contribution in [-0.4, -0.2) is 20.6 Å². The minimum Gasteiger partial charge on any atom is -0.366 e. The van der Waals surface area contributed by atoms with E-state index >= 15 is 0 Å². The summed E-state index contributed by atoms with van der Waals surface area (Å²) < 4.78 is 1.92. The van der Waals surface area contributed by atoms with Crippen LogP contribution in [0.4, 0.5) is 5.82 Å². The lowest BCUT2D eigenvalue weighted by Crippen LogP contribution is -2.18. The minimum atomic E-state index is 0.443. The number of anilines is 1. The molecule has 2 aromatic heterocycles. The van der Waals surface area contributed by atoms with E-state index in [4.69, 9.17) is 0 Å². The molecule has 2 aromatic rings. The van der Waals surface area contributed by atoms with Crippen LogP contribution in [0.5, 0.6) is 0 Å². The van der Waals surface area contributed by atoms with Crippen molar-refractivity contribution in [2.75, 3.05) is 5.32 Å². The highest BCUT2D eigenvalue weighted by Gasteiger charge is 2.28. The van der Waals surface area contributed by atoms with E-state index in [1.807, 2.05) is 16.9 Å². The van der Waals surface area contributed by atoms with Crippen molar-refractivity contribution in [1.29, 1.82) is 0 Å². The Labute approximate surface area is 107 Å². The standard InChI is InChI=1S/C14H20N4/c1-9(2)12-8-13-14(15-6-7-18(13)17-12)16-10(3)11-4-5-11/h6-11H,4-5H2,1-3H3,(H,15,16). The molecule has 1 aliphatic rings. The van der Waals surface area contributed by atoms with Crippen LogP contribution in [0.1, 0.15) is 45.2 Å². The molecule has 1 atom stereocenters. The van der Waals surface area contributed by atoms with Gasteiger partial charge < -0.3 is 5.32 Å². The van der Waals surface area contributed by atoms with Gasteiger partial charge in [-0.05, 0) is 37.7 Å². The van der Waals surface area contributed by atoms with E-state index in [2.05, 4.69) is 42.2 Å². The molecule has 1 unspecified atom stereocenters. The predicted molar refractivity (Wildman–Crippen MR) is 72.9 cm³/mol. The quantitative estimate of drug-likeness (QED) is 0.898. The summed E-state index contributed by atoms with van der Waals surface area (Å²) in [5.74, 6) is 2.22. The Balaban J connectivity index is 1.94. The largest absolute Gasteiger partial charge is 0.366 e. The first-order valence-electron chi connectivity index (χ1n) is 6.76. The Morgan fingerprint density at radius 3 is 2.78 bits per heavy atom. The van der Waals surface area contributed by atoms with E-state index in [1.165, 1.54) is 12.8 Å². The summed E-state index contributed by atoms with van der Waals surface area (Å²) in [6, 6.07) is 2.64. The van der Waals surface area contributed by atoms with Gasteiger partial charge in [0.2, 0.25) is 0 Å². The first kappa shape index (κ1) is 11.5. The summed E-state index contributed by atoms with van der Waals surface area (Å²) in [7, 11) is 0. The van der Waals surface area contributed by atoms with Crippen LogP contribution in [0, 0.1) is 5.92 Å². The molecule has 1 fully saturated rings. The van der Waals surface area contributed by atoms with Crippen molar-refractivity contribution < 1.29 is 0 Å². The molecule has 18 heavy (non-hydrogen) atoms. The molecule has 0 saturated heterocycles. The van der Waals surface area contributed by atoms with Crippen molar-refractivity contribution in [3.63, 3.8) is 0 Å². The average molecular weight is 244 g/mol. The molecular weight excluding hydrogens is 224 g/mol.